The summed E-state index contributed by atoms with van der Waals surface area (Å²) < 4.78 is 5.17. The average molecular weight is 358 g/mol. The van der Waals surface area contributed by atoms with Crippen LogP contribution in [0, 0.1) is 5.92 Å². The van der Waals surface area contributed by atoms with Crippen molar-refractivity contribution in [3.8, 4) is 5.75 Å². The highest BCUT2D eigenvalue weighted by atomic mass is 35.5. The van der Waals surface area contributed by atoms with E-state index in [0.29, 0.717) is 18.2 Å². The summed E-state index contributed by atoms with van der Waals surface area (Å²) in [5.41, 5.74) is 7.16. The number of hydrogen-bond donors (Lipinski definition) is 2. The molecule has 1 aromatic heterocycles. The zero-order valence-electron chi connectivity index (χ0n) is 12.8. The van der Waals surface area contributed by atoms with Crippen molar-refractivity contribution in [1.29, 1.82) is 0 Å². The molecule has 1 saturated carbocycles. The molecule has 5 nitrogen and oxygen atoms in total. The molecular weight excluding hydrogens is 337 g/mol. The zero-order chi connectivity index (χ0) is 14.8. The van der Waals surface area contributed by atoms with E-state index in [-0.39, 0.29) is 36.8 Å². The van der Waals surface area contributed by atoms with Crippen LogP contribution in [0.3, 0.4) is 0 Å². The van der Waals surface area contributed by atoms with Crippen LogP contribution in [-0.4, -0.2) is 30.6 Å². The highest BCUT2D eigenvalue weighted by Crippen LogP contribution is 2.31. The van der Waals surface area contributed by atoms with Crippen molar-refractivity contribution in [2.75, 3.05) is 13.7 Å². The maximum atomic E-state index is 12.1. The molecule has 1 fully saturated rings. The number of halogens is 2. The van der Waals surface area contributed by atoms with Gasteiger partial charge < -0.3 is 15.8 Å². The van der Waals surface area contributed by atoms with Gasteiger partial charge in [-0.05, 0) is 43.0 Å². The molecule has 0 radical (unpaired) electrons. The van der Waals surface area contributed by atoms with Crippen molar-refractivity contribution in [1.82, 2.24) is 10.3 Å². The van der Waals surface area contributed by atoms with Gasteiger partial charge in [0.2, 0.25) is 0 Å². The number of benzene rings is 1. The van der Waals surface area contributed by atoms with Gasteiger partial charge >= 0.3 is 0 Å². The first-order valence-corrected chi connectivity index (χ1v) is 7.16. The lowest BCUT2D eigenvalue weighted by atomic mass is 10.2. The van der Waals surface area contributed by atoms with Crippen LogP contribution in [0.15, 0.2) is 30.3 Å². The number of nitrogens with two attached hydrogens (primary N) is 1. The Balaban J connectivity index is 0.00000132. The summed E-state index contributed by atoms with van der Waals surface area (Å²) in [6.45, 7) is 0.506. The second-order valence-electron chi connectivity index (χ2n) is 5.47. The second kappa shape index (κ2) is 8.34. The minimum Gasteiger partial charge on any atom is -0.497 e. The van der Waals surface area contributed by atoms with Gasteiger partial charge in [-0.25, -0.2) is 4.98 Å². The van der Waals surface area contributed by atoms with Gasteiger partial charge in [0.15, 0.2) is 0 Å². The lowest BCUT2D eigenvalue weighted by Crippen LogP contribution is -2.38. The quantitative estimate of drug-likeness (QED) is 0.861. The summed E-state index contributed by atoms with van der Waals surface area (Å²) in [5.74, 6) is 1.17. The van der Waals surface area contributed by atoms with Crippen LogP contribution in [0.1, 0.15) is 23.3 Å². The van der Waals surface area contributed by atoms with Crippen LogP contribution in [0.5, 0.6) is 5.75 Å². The third kappa shape index (κ3) is 4.70. The Morgan fingerprint density at radius 1 is 1.35 bits per heavy atom. The normalized spacial score (nSPS) is 14.3. The monoisotopic (exact) mass is 357 g/mol. The molecule has 1 heterocycles. The van der Waals surface area contributed by atoms with E-state index in [9.17, 15) is 4.79 Å². The zero-order valence-corrected chi connectivity index (χ0v) is 14.5. The molecule has 3 rings (SSSR count). The number of hydrogen-bond acceptors (Lipinski definition) is 4. The molecule has 23 heavy (non-hydrogen) atoms. The Hall–Kier alpha value is -1.56. The van der Waals surface area contributed by atoms with E-state index in [1.54, 1.807) is 13.2 Å². The van der Waals surface area contributed by atoms with Crippen molar-refractivity contribution in [3.05, 3.63) is 36.0 Å². The number of ether oxygens (including phenoxy) is 1. The number of nitrogens with one attached hydrogen (secondary N) is 1. The van der Waals surface area contributed by atoms with Crippen molar-refractivity contribution >= 4 is 41.6 Å². The molecule has 1 aliphatic carbocycles. The van der Waals surface area contributed by atoms with Crippen molar-refractivity contribution in [2.24, 2.45) is 11.7 Å². The topological polar surface area (TPSA) is 77.2 Å². The summed E-state index contributed by atoms with van der Waals surface area (Å²) in [6, 6.07) is 9.23. The van der Waals surface area contributed by atoms with E-state index in [4.69, 9.17) is 10.5 Å². The molecule has 1 aromatic carbocycles. The Morgan fingerprint density at radius 3 is 2.74 bits per heavy atom. The number of aromatic nitrogens is 1. The van der Waals surface area contributed by atoms with E-state index in [1.165, 1.54) is 12.8 Å². The second-order valence-corrected chi connectivity index (χ2v) is 5.47. The summed E-state index contributed by atoms with van der Waals surface area (Å²) in [6.07, 6.45) is 2.35. The molecule has 126 valence electrons. The summed E-state index contributed by atoms with van der Waals surface area (Å²) in [4.78, 5) is 16.5. The number of carbonyl (C=O) groups is 1. The SMILES string of the molecule is COc1ccc2nc(C(=O)NCC(N)C3CC3)ccc2c1.Cl.Cl. The lowest BCUT2D eigenvalue weighted by molar-refractivity contribution is 0.0945. The first-order valence-electron chi connectivity index (χ1n) is 7.16. The van der Waals surface area contributed by atoms with E-state index >= 15 is 0 Å². The average Bonchev–Trinajstić information content (AvgIpc) is 3.36. The van der Waals surface area contributed by atoms with Crippen LogP contribution in [0.2, 0.25) is 0 Å². The molecule has 7 heteroatoms. The first kappa shape index (κ1) is 19.5. The molecule has 1 unspecified atom stereocenters. The van der Waals surface area contributed by atoms with E-state index in [0.717, 1.165) is 16.7 Å². The van der Waals surface area contributed by atoms with E-state index in [1.807, 2.05) is 24.3 Å². The van der Waals surface area contributed by atoms with Gasteiger partial charge in [0.05, 0.1) is 12.6 Å². The highest BCUT2D eigenvalue weighted by molar-refractivity contribution is 5.95. The fourth-order valence-corrected chi connectivity index (χ4v) is 2.35. The Morgan fingerprint density at radius 2 is 2.09 bits per heavy atom. The number of carbonyl (C=O) groups excluding carboxylic acids is 1. The van der Waals surface area contributed by atoms with Crippen molar-refractivity contribution < 1.29 is 9.53 Å². The Kier molecular flexibility index (Phi) is 7.06. The predicted octanol–water partition coefficient (Wildman–Crippen LogP) is 2.55. The van der Waals surface area contributed by atoms with Crippen LogP contribution in [0.25, 0.3) is 10.9 Å². The van der Waals surface area contributed by atoms with Gasteiger partial charge in [-0.1, -0.05) is 6.07 Å². The first-order chi connectivity index (χ1) is 10.2. The van der Waals surface area contributed by atoms with Gasteiger partial charge in [0.25, 0.3) is 5.91 Å². The van der Waals surface area contributed by atoms with E-state index in [2.05, 4.69) is 10.3 Å². The number of nitrogens with zero attached hydrogens (tertiary/aromatic N) is 1. The minimum absolute atomic E-state index is 0. The smallest absolute Gasteiger partial charge is 0.269 e. The number of fused-ring (bicyclic) bond motifs is 1. The maximum Gasteiger partial charge on any atom is 0.269 e. The Labute approximate surface area is 147 Å². The fraction of sp³-hybridized carbons (Fsp3) is 0.375. The number of methoxy groups -OCH3 is 1. The largest absolute Gasteiger partial charge is 0.497 e. The van der Waals surface area contributed by atoms with Crippen LogP contribution in [-0.2, 0) is 0 Å². The standard InChI is InChI=1S/C16H19N3O2.2ClH/c1-21-12-5-7-14-11(8-12)4-6-15(19-14)16(20)18-9-13(17)10-2-3-10;;/h4-8,10,13H,2-3,9,17H2,1H3,(H,18,20);2*1H. The third-order valence-electron chi connectivity index (χ3n) is 3.85. The molecule has 0 saturated heterocycles. The minimum atomic E-state index is -0.177. The van der Waals surface area contributed by atoms with Gasteiger partial charge in [0, 0.05) is 18.0 Å². The summed E-state index contributed by atoms with van der Waals surface area (Å²) in [7, 11) is 1.62. The van der Waals surface area contributed by atoms with Crippen LogP contribution in [0.4, 0.5) is 0 Å². The molecule has 0 bridgehead atoms. The molecule has 1 amide bonds. The molecule has 0 aliphatic heterocycles. The lowest BCUT2D eigenvalue weighted by Gasteiger charge is -2.11. The van der Waals surface area contributed by atoms with E-state index < -0.39 is 0 Å². The van der Waals surface area contributed by atoms with Gasteiger partial charge in [-0.2, -0.15) is 0 Å². The molecule has 2 aromatic rings. The number of pyridine rings is 1. The van der Waals surface area contributed by atoms with Crippen molar-refractivity contribution in [2.45, 2.75) is 18.9 Å². The van der Waals surface area contributed by atoms with Gasteiger partial charge in [-0.15, -0.1) is 24.8 Å². The Bertz CT molecular complexity index is 677. The van der Waals surface area contributed by atoms with Crippen LogP contribution < -0.4 is 15.8 Å². The summed E-state index contributed by atoms with van der Waals surface area (Å²) in [5, 5.41) is 3.80. The fourth-order valence-electron chi connectivity index (χ4n) is 2.35. The molecule has 1 atom stereocenters. The third-order valence-corrected chi connectivity index (χ3v) is 3.85. The molecule has 3 N–H and O–H groups in total. The molecule has 0 spiro atoms. The molecule has 1 aliphatic rings. The molecular formula is C16H21Cl2N3O2. The summed E-state index contributed by atoms with van der Waals surface area (Å²) >= 11 is 0. The number of amides is 1. The predicted molar refractivity (Wildman–Crippen MR) is 95.8 cm³/mol. The van der Waals surface area contributed by atoms with Gasteiger partial charge in [-0.3, -0.25) is 4.79 Å². The maximum absolute atomic E-state index is 12.1. The van der Waals surface area contributed by atoms with Crippen LogP contribution >= 0.6 is 24.8 Å². The number of rotatable bonds is 5. The van der Waals surface area contributed by atoms with Gasteiger partial charge in [0.1, 0.15) is 11.4 Å². The highest BCUT2D eigenvalue weighted by Gasteiger charge is 2.28. The van der Waals surface area contributed by atoms with Crippen molar-refractivity contribution in [3.63, 3.8) is 0 Å².